The molecule has 1 saturated carbocycles. The minimum Gasteiger partial charge on any atom is -0.447 e. The van der Waals surface area contributed by atoms with E-state index in [4.69, 9.17) is 4.74 Å². The average Bonchev–Trinajstić information content (AvgIpc) is 3.31. The number of anilines is 1. The Morgan fingerprint density at radius 2 is 1.89 bits per heavy atom. The summed E-state index contributed by atoms with van der Waals surface area (Å²) in [5.41, 5.74) is 3.13. The molecule has 1 aliphatic carbocycles. The topological polar surface area (TPSA) is 55.3 Å². The lowest BCUT2D eigenvalue weighted by molar-refractivity contribution is 0.177. The Labute approximate surface area is 167 Å². The Balaban J connectivity index is 1.49. The van der Waals surface area contributed by atoms with Crippen molar-refractivity contribution in [1.29, 1.82) is 0 Å². The molecule has 2 fully saturated rings. The number of amides is 1. The number of cyclic esters (lactones) is 1. The summed E-state index contributed by atoms with van der Waals surface area (Å²) in [5.74, 6) is 2.00. The van der Waals surface area contributed by atoms with Gasteiger partial charge < -0.3 is 4.74 Å². The molecular weight excluding hydrogens is 350 g/mol. The molecule has 0 N–H and O–H groups in total. The van der Waals surface area contributed by atoms with Crippen LogP contribution >= 0.6 is 0 Å². The zero-order valence-electron chi connectivity index (χ0n) is 17.2. The lowest BCUT2D eigenvalue weighted by Crippen LogP contribution is -2.37. The van der Waals surface area contributed by atoms with Gasteiger partial charge in [-0.25, -0.2) is 14.8 Å². The van der Waals surface area contributed by atoms with E-state index in [1.807, 2.05) is 0 Å². The van der Waals surface area contributed by atoms with Gasteiger partial charge in [-0.15, -0.1) is 0 Å². The second-order valence-corrected chi connectivity index (χ2v) is 8.88. The number of carbonyl (C=O) groups excluding carboxylic acids is 1. The van der Waals surface area contributed by atoms with E-state index < -0.39 is 0 Å². The maximum atomic E-state index is 12.2. The second-order valence-electron chi connectivity index (χ2n) is 8.88. The molecule has 5 nitrogen and oxygen atoms in total. The molecule has 1 saturated heterocycles. The molecule has 1 aromatic heterocycles. The monoisotopic (exact) mass is 379 g/mol. The fourth-order valence-electron chi connectivity index (χ4n) is 3.89. The maximum Gasteiger partial charge on any atom is 0.415 e. The van der Waals surface area contributed by atoms with Crippen LogP contribution in [0.2, 0.25) is 0 Å². The third-order valence-corrected chi connectivity index (χ3v) is 6.28. The summed E-state index contributed by atoms with van der Waals surface area (Å²) in [7, 11) is 0. The molecule has 2 atom stereocenters. The number of nitrogens with zero attached hydrogens (tertiary/aromatic N) is 3. The van der Waals surface area contributed by atoms with Gasteiger partial charge in [0.1, 0.15) is 18.2 Å². The minimum atomic E-state index is -0.319. The van der Waals surface area contributed by atoms with Crippen LogP contribution in [0.25, 0.3) is 0 Å². The lowest BCUT2D eigenvalue weighted by atomic mass is 9.92. The molecule has 1 aromatic carbocycles. The maximum absolute atomic E-state index is 12.2. The highest BCUT2D eigenvalue weighted by atomic mass is 16.6. The van der Waals surface area contributed by atoms with Crippen LogP contribution in [-0.2, 0) is 16.6 Å². The number of carbonyl (C=O) groups is 1. The van der Waals surface area contributed by atoms with Gasteiger partial charge in [-0.05, 0) is 47.3 Å². The number of aromatic nitrogens is 2. The van der Waals surface area contributed by atoms with Crippen LogP contribution in [0.4, 0.5) is 10.6 Å². The summed E-state index contributed by atoms with van der Waals surface area (Å²) in [6.07, 6.45) is 4.74. The molecule has 5 heteroatoms. The highest BCUT2D eigenvalue weighted by molar-refractivity contribution is 5.89. The van der Waals surface area contributed by atoms with Gasteiger partial charge >= 0.3 is 6.09 Å². The van der Waals surface area contributed by atoms with Crippen LogP contribution in [0.5, 0.6) is 0 Å². The summed E-state index contributed by atoms with van der Waals surface area (Å²) >= 11 is 0. The molecule has 1 aliphatic heterocycles. The highest BCUT2D eigenvalue weighted by Crippen LogP contribution is 2.47. The van der Waals surface area contributed by atoms with Crippen LogP contribution in [0.3, 0.4) is 0 Å². The summed E-state index contributed by atoms with van der Waals surface area (Å²) in [4.78, 5) is 23.0. The summed E-state index contributed by atoms with van der Waals surface area (Å²) in [5, 5.41) is 0. The fourth-order valence-corrected chi connectivity index (χ4v) is 3.89. The number of benzene rings is 1. The quantitative estimate of drug-likeness (QED) is 0.719. The van der Waals surface area contributed by atoms with Crippen molar-refractivity contribution in [2.24, 2.45) is 5.92 Å². The van der Waals surface area contributed by atoms with E-state index in [1.165, 1.54) is 24.0 Å². The molecule has 28 heavy (non-hydrogen) atoms. The molecule has 1 amide bonds. The van der Waals surface area contributed by atoms with Gasteiger partial charge in [-0.2, -0.15) is 0 Å². The van der Waals surface area contributed by atoms with E-state index in [9.17, 15) is 4.79 Å². The van der Waals surface area contributed by atoms with Crippen LogP contribution in [0.1, 0.15) is 63.4 Å². The minimum absolute atomic E-state index is 0.0176. The first-order chi connectivity index (χ1) is 13.4. The molecule has 0 spiro atoms. The van der Waals surface area contributed by atoms with Gasteiger partial charge in [0.05, 0.1) is 6.04 Å². The largest absolute Gasteiger partial charge is 0.447 e. The predicted molar refractivity (Wildman–Crippen MR) is 110 cm³/mol. The van der Waals surface area contributed by atoms with E-state index >= 15 is 0 Å². The first kappa shape index (κ1) is 18.9. The fraction of sp³-hybridized carbons (Fsp3) is 0.522. The van der Waals surface area contributed by atoms with E-state index in [0.29, 0.717) is 29.7 Å². The first-order valence-corrected chi connectivity index (χ1v) is 10.3. The number of rotatable bonds is 6. The first-order valence-electron chi connectivity index (χ1n) is 10.3. The molecule has 0 radical (unpaired) electrons. The number of hydrogen-bond acceptors (Lipinski definition) is 4. The van der Waals surface area contributed by atoms with E-state index in [-0.39, 0.29) is 12.1 Å². The molecule has 2 heterocycles. The standard InChI is InChI=1S/C23H29N3O2/c1-15(2)19-14-28-22(27)26(19)21-9-12-24-20(25-21)13-16(3)17-5-7-18(8-6-17)23(4)10-11-23/h5-9,12,15-16,19H,10-11,13-14H2,1-4H3/t16-,19-/m1/s1. The summed E-state index contributed by atoms with van der Waals surface area (Å²) in [6.45, 7) is 9.13. The molecule has 0 unspecified atom stereocenters. The van der Waals surface area contributed by atoms with Gasteiger partial charge in [-0.3, -0.25) is 4.90 Å². The van der Waals surface area contributed by atoms with Crippen LogP contribution in [0, 0.1) is 5.92 Å². The molecule has 148 valence electrons. The van der Waals surface area contributed by atoms with E-state index in [1.54, 1.807) is 17.2 Å². The number of ether oxygens (including phenoxy) is 1. The van der Waals surface area contributed by atoms with Crippen molar-refractivity contribution >= 4 is 11.9 Å². The Morgan fingerprint density at radius 3 is 2.54 bits per heavy atom. The van der Waals surface area contributed by atoms with Crippen molar-refractivity contribution in [1.82, 2.24) is 9.97 Å². The van der Waals surface area contributed by atoms with Gasteiger partial charge in [-0.1, -0.05) is 52.0 Å². The molecule has 0 bridgehead atoms. The van der Waals surface area contributed by atoms with Crippen LogP contribution in [0.15, 0.2) is 36.5 Å². The second kappa shape index (κ2) is 7.19. The summed E-state index contributed by atoms with van der Waals surface area (Å²) < 4.78 is 5.25. The molecule has 2 aromatic rings. The van der Waals surface area contributed by atoms with Crippen molar-refractivity contribution in [2.75, 3.05) is 11.5 Å². The Bertz CT molecular complexity index is 858. The van der Waals surface area contributed by atoms with Crippen molar-refractivity contribution in [2.45, 2.75) is 64.3 Å². The average molecular weight is 380 g/mol. The van der Waals surface area contributed by atoms with E-state index in [2.05, 4.69) is 61.9 Å². The van der Waals surface area contributed by atoms with Gasteiger partial charge in [0.25, 0.3) is 0 Å². The van der Waals surface area contributed by atoms with Gasteiger partial charge in [0, 0.05) is 12.6 Å². The van der Waals surface area contributed by atoms with Crippen LogP contribution < -0.4 is 4.90 Å². The SMILES string of the molecule is CC(C)[C@H]1COC(=O)N1c1ccnc(C[C@@H](C)c2ccc(C3(C)CC3)cc2)n1. The summed E-state index contributed by atoms with van der Waals surface area (Å²) in [6, 6.07) is 10.8. The van der Waals surface area contributed by atoms with Crippen molar-refractivity contribution in [3.63, 3.8) is 0 Å². The van der Waals surface area contributed by atoms with Crippen molar-refractivity contribution in [3.05, 3.63) is 53.5 Å². The third-order valence-electron chi connectivity index (χ3n) is 6.28. The van der Waals surface area contributed by atoms with Crippen LogP contribution in [-0.4, -0.2) is 28.7 Å². The number of hydrogen-bond donors (Lipinski definition) is 0. The predicted octanol–water partition coefficient (Wildman–Crippen LogP) is 4.86. The van der Waals surface area contributed by atoms with Crippen molar-refractivity contribution in [3.8, 4) is 0 Å². The normalized spacial score (nSPS) is 21.7. The highest BCUT2D eigenvalue weighted by Gasteiger charge is 2.39. The van der Waals surface area contributed by atoms with Gasteiger partial charge in [0.15, 0.2) is 0 Å². The van der Waals surface area contributed by atoms with Crippen molar-refractivity contribution < 1.29 is 9.53 Å². The zero-order valence-corrected chi connectivity index (χ0v) is 17.2. The van der Waals surface area contributed by atoms with E-state index in [0.717, 1.165) is 12.2 Å². The Hall–Kier alpha value is -2.43. The lowest BCUT2D eigenvalue weighted by Gasteiger charge is -2.23. The van der Waals surface area contributed by atoms with Gasteiger partial charge in [0.2, 0.25) is 0 Å². The Kier molecular flexibility index (Phi) is 4.86. The Morgan fingerprint density at radius 1 is 1.18 bits per heavy atom. The zero-order chi connectivity index (χ0) is 19.9. The third kappa shape index (κ3) is 3.62. The smallest absolute Gasteiger partial charge is 0.415 e. The molecular formula is C23H29N3O2. The molecule has 4 rings (SSSR count). The molecule has 2 aliphatic rings.